The molecule has 21 rings (SSSR count). The van der Waals surface area contributed by atoms with Gasteiger partial charge in [0.05, 0.1) is 230 Å². The van der Waals surface area contributed by atoms with Crippen LogP contribution in [-0.2, 0) is 12.4 Å². The average molecular weight is 2100 g/mol. The Hall–Kier alpha value is -7.85. The predicted octanol–water partition coefficient (Wildman–Crippen LogP) is 27.4. The largest absolute Gasteiger partial charge is 0.416 e. The van der Waals surface area contributed by atoms with Crippen LogP contribution in [0.2, 0.25) is 10.0 Å². The lowest BCUT2D eigenvalue weighted by molar-refractivity contribution is -0.138. The molecule has 726 valence electrons. The zero-order valence-corrected chi connectivity index (χ0v) is 82.4. The Labute approximate surface area is 819 Å². The van der Waals surface area contributed by atoms with Gasteiger partial charge in [0, 0.05) is 13.4 Å². The summed E-state index contributed by atoms with van der Waals surface area (Å²) in [7, 11) is 0. The van der Waals surface area contributed by atoms with E-state index in [-0.39, 0.29) is 17.3 Å². The van der Waals surface area contributed by atoms with Gasteiger partial charge in [-0.3, -0.25) is 22.0 Å². The van der Waals surface area contributed by atoms with Gasteiger partial charge in [0.25, 0.3) is 0 Å². The number of aliphatic hydroxyl groups excluding tert-OH is 7. The van der Waals surface area contributed by atoms with E-state index in [0.717, 1.165) is 209 Å². The smallest absolute Gasteiger partial charge is 0.387 e. The molecule has 14 heterocycles. The number of imidazole rings is 7. The van der Waals surface area contributed by atoms with Crippen LogP contribution in [0.4, 0.5) is 26.3 Å². The third-order valence-electron chi connectivity index (χ3n) is 29.0. The third-order valence-corrected chi connectivity index (χ3v) is 31.6. The Morgan fingerprint density at radius 3 is 0.881 bits per heavy atom. The molecule has 0 saturated heterocycles. The Balaban J connectivity index is 0.000000120. The quantitative estimate of drug-likeness (QED) is 0.0330. The van der Waals surface area contributed by atoms with Gasteiger partial charge in [-0.05, 0) is 245 Å². The van der Waals surface area contributed by atoms with Crippen molar-refractivity contribution in [3.05, 3.63) is 247 Å². The minimum atomic E-state index is -4.43. The van der Waals surface area contributed by atoms with Gasteiger partial charge >= 0.3 is 12.4 Å². The molecule has 7 aliphatic carbocycles. The molecule has 7 saturated carbocycles. The van der Waals surface area contributed by atoms with E-state index >= 15 is 0 Å². The third kappa shape index (κ3) is 25.7. The summed E-state index contributed by atoms with van der Waals surface area (Å²) in [6, 6.07) is 23.8. The molecule has 0 aromatic carbocycles. The van der Waals surface area contributed by atoms with Crippen LogP contribution >= 0.6 is 71.0 Å². The number of rotatable bonds is 17. The molecule has 7 atom stereocenters. The normalized spacial score (nSPS) is 19.0. The zero-order chi connectivity index (χ0) is 94.9. The molecule has 21 nitrogen and oxygen atoms in total. The van der Waals surface area contributed by atoms with Crippen LogP contribution in [0.5, 0.6) is 0 Å². The van der Waals surface area contributed by atoms with Crippen molar-refractivity contribution in [2.24, 2.45) is 41.4 Å². The number of aromatic nitrogens is 14. The van der Waals surface area contributed by atoms with Gasteiger partial charge in [-0.15, -0.1) is 0 Å². The summed E-state index contributed by atoms with van der Waals surface area (Å²) in [5.74, 6) is 2.77. The maximum absolute atomic E-state index is 13.1. The molecular formula is C103H125Br3Cl2F6N14O7. The molecule has 7 fully saturated rings. The fourth-order valence-electron chi connectivity index (χ4n) is 21.6. The molecule has 7 N–H and O–H groups in total. The van der Waals surface area contributed by atoms with Crippen LogP contribution in [0.25, 0.3) is 38.6 Å². The first-order chi connectivity index (χ1) is 65.2. The highest BCUT2D eigenvalue weighted by Gasteiger charge is 2.37. The lowest BCUT2D eigenvalue weighted by atomic mass is 9.84. The van der Waals surface area contributed by atoms with E-state index in [1.165, 1.54) is 147 Å². The van der Waals surface area contributed by atoms with Gasteiger partial charge in [-0.2, -0.15) is 26.3 Å². The number of pyridine rings is 7. The zero-order valence-electron chi connectivity index (χ0n) is 76.2. The van der Waals surface area contributed by atoms with Crippen LogP contribution in [0, 0.1) is 41.4 Å². The molecule has 14 aromatic rings. The average Bonchev–Trinajstić information content (AvgIpc) is 1.74. The number of nitrogens with zero attached hydrogens (tertiary/aromatic N) is 14. The van der Waals surface area contributed by atoms with Crippen LogP contribution in [0.3, 0.4) is 0 Å². The highest BCUT2D eigenvalue weighted by atomic mass is 79.9. The molecule has 32 heteroatoms. The maximum Gasteiger partial charge on any atom is 0.416 e. The number of alkyl halides is 6. The summed E-state index contributed by atoms with van der Waals surface area (Å²) < 4.78 is 94.0. The minimum Gasteiger partial charge on any atom is -0.387 e. The van der Waals surface area contributed by atoms with Crippen LogP contribution in [0.1, 0.15) is 338 Å². The van der Waals surface area contributed by atoms with E-state index < -0.39 is 66.2 Å². The van der Waals surface area contributed by atoms with Crippen LogP contribution in [0.15, 0.2) is 186 Å². The first-order valence-corrected chi connectivity index (χ1v) is 51.7. The monoisotopic (exact) mass is 2090 g/mol. The molecular weight excluding hydrogens is 1970 g/mol. The molecule has 7 aliphatic rings. The van der Waals surface area contributed by atoms with Gasteiger partial charge in [0.15, 0.2) is 0 Å². The minimum absolute atomic E-state index is 0.0107. The van der Waals surface area contributed by atoms with Crippen molar-refractivity contribution < 1.29 is 62.1 Å². The van der Waals surface area contributed by atoms with E-state index in [4.69, 9.17) is 23.2 Å². The van der Waals surface area contributed by atoms with Crippen molar-refractivity contribution in [2.45, 2.75) is 299 Å². The number of fused-ring (bicyclic) bond motifs is 7. The standard InChI is InChI=1S/2C16H19F3N2O.C15H19BrN2O.C15H19ClN2O.C14H17BrN2O.C14H17ClN2O.C13H15BrN2O/c17-16(18,19)12-7-13-9-20-10-21(13)14(8-12)15(22)6-11-4-2-1-3-5-11;17-16(18,19)12-7-13-9-20-10-21(13)14(8-12)15(22)11-5-3-1-2-4-6-11;2*16-13-7-6-12-9-17-10-18(12)15(13)14(19)8-11-4-2-1-3-5-11;2*15-12-7-6-11-8-16-9-17(11)13(12)14(18)10-4-2-1-3-5-10;14-11-6-5-10-7-15-8-16(10)12(11)13(17)9-3-1-2-4-9/h2*7-11,15,22H,1-6H2;2*6-7,9-11,14,19H,1-5,8H2;2*6-10,14,18H,1-5H2;5-9,13,17H,1-4H2. The molecule has 135 heavy (non-hydrogen) atoms. The molecule has 14 aromatic heterocycles. The van der Waals surface area contributed by atoms with Crippen molar-refractivity contribution in [2.75, 3.05) is 0 Å². The van der Waals surface area contributed by atoms with Crippen LogP contribution in [-0.4, -0.2) is 101 Å². The summed E-state index contributed by atoms with van der Waals surface area (Å²) in [5.41, 5.74) is 9.22. The molecule has 0 bridgehead atoms. The lowest BCUT2D eigenvalue weighted by Gasteiger charge is -2.27. The number of hydrogen-bond acceptors (Lipinski definition) is 14. The highest BCUT2D eigenvalue weighted by Crippen LogP contribution is 2.46. The van der Waals surface area contributed by atoms with E-state index in [0.29, 0.717) is 63.0 Å². The second-order valence-corrected chi connectivity index (χ2v) is 41.5. The SMILES string of the molecule is OC(CC1CCCCC1)c1c(Br)ccc2cncn12.OC(CC1CCCCC1)c1c(Cl)ccc2cncn12.OC(CC1CCCCC1)c1cc(C(F)(F)F)cc2cncn12.OC(c1c(Br)ccc2cncn12)C1CCCC1.OC(c1c(Br)ccc2cncn12)C1CCCCC1.OC(c1c(Cl)ccc2cncn12)C1CCCCC1.OC(c1cc(C(F)(F)F)cc2cncn12)C1CCCCCC1. The number of hydrogen-bond donors (Lipinski definition) is 7. The van der Waals surface area contributed by atoms with Gasteiger partial charge in [-0.1, -0.05) is 197 Å². The van der Waals surface area contributed by atoms with E-state index in [1.54, 1.807) is 52.8 Å². The van der Waals surface area contributed by atoms with Gasteiger partial charge in [0.2, 0.25) is 0 Å². The van der Waals surface area contributed by atoms with Crippen molar-refractivity contribution >= 4 is 110 Å². The van der Waals surface area contributed by atoms with E-state index in [1.807, 2.05) is 101 Å². The first-order valence-electron chi connectivity index (χ1n) is 48.6. The van der Waals surface area contributed by atoms with Crippen LogP contribution < -0.4 is 0 Å². The summed E-state index contributed by atoms with van der Waals surface area (Å²) >= 11 is 23.2. The summed E-state index contributed by atoms with van der Waals surface area (Å²) in [5, 5.41) is 75.3. The molecule has 0 amide bonds. The summed E-state index contributed by atoms with van der Waals surface area (Å²) in [4.78, 5) is 28.5. The summed E-state index contributed by atoms with van der Waals surface area (Å²) in [6.07, 6.45) is 53.9. The van der Waals surface area contributed by atoms with Gasteiger partial charge < -0.3 is 44.5 Å². The van der Waals surface area contributed by atoms with Crippen molar-refractivity contribution in [1.82, 2.24) is 65.7 Å². The fourth-order valence-corrected chi connectivity index (χ4v) is 23.9. The molecule has 0 spiro atoms. The predicted molar refractivity (Wildman–Crippen MR) is 524 cm³/mol. The van der Waals surface area contributed by atoms with Crippen molar-refractivity contribution in [3.63, 3.8) is 0 Å². The number of halogens is 11. The Kier molecular flexibility index (Phi) is 36.0. The van der Waals surface area contributed by atoms with E-state index in [9.17, 15) is 62.1 Å². The lowest BCUT2D eigenvalue weighted by Crippen LogP contribution is -2.18. The van der Waals surface area contributed by atoms with Gasteiger partial charge in [0.1, 0.15) is 0 Å². The van der Waals surface area contributed by atoms with Crippen molar-refractivity contribution in [1.29, 1.82) is 0 Å². The van der Waals surface area contributed by atoms with Crippen molar-refractivity contribution in [3.8, 4) is 0 Å². The Bertz CT molecular complexity index is 5890. The fraction of sp³-hybridized carbons (Fsp3) is 0.524. The second-order valence-electron chi connectivity index (χ2n) is 38.1. The Morgan fingerprint density at radius 1 is 0.274 bits per heavy atom. The number of aliphatic hydroxyl groups is 7. The first kappa shape index (κ1) is 102. The van der Waals surface area contributed by atoms with Gasteiger partial charge in [-0.25, -0.2) is 34.9 Å². The Morgan fingerprint density at radius 2 is 0.519 bits per heavy atom. The maximum atomic E-state index is 13.1. The molecule has 0 aliphatic heterocycles. The highest BCUT2D eigenvalue weighted by molar-refractivity contribution is 9.11. The molecule has 0 radical (unpaired) electrons. The topological polar surface area (TPSA) is 263 Å². The second kappa shape index (κ2) is 47.9. The summed E-state index contributed by atoms with van der Waals surface area (Å²) in [6.45, 7) is 0. The van der Waals surface area contributed by atoms with E-state index in [2.05, 4.69) is 82.7 Å². The molecule has 7 unspecified atom stereocenters.